The first-order valence-electron chi connectivity index (χ1n) is 6.08. The average molecular weight is 273 g/mol. The van der Waals surface area contributed by atoms with Crippen molar-refractivity contribution in [1.82, 2.24) is 9.97 Å². The van der Waals surface area contributed by atoms with E-state index in [2.05, 4.69) is 15.3 Å². The second-order valence-corrected chi connectivity index (χ2v) is 5.13. The normalized spacial score (nSPS) is 11.8. The van der Waals surface area contributed by atoms with Gasteiger partial charge in [0.05, 0.1) is 10.3 Å². The van der Waals surface area contributed by atoms with Gasteiger partial charge in [0.25, 0.3) is 0 Å². The molecule has 0 saturated carbocycles. The van der Waals surface area contributed by atoms with E-state index in [0.717, 1.165) is 17.1 Å². The molecule has 0 aliphatic carbocycles. The Labute approximate surface area is 116 Å². The summed E-state index contributed by atoms with van der Waals surface area (Å²) < 4.78 is 0. The van der Waals surface area contributed by atoms with Gasteiger partial charge in [0.2, 0.25) is 5.91 Å². The average Bonchev–Trinajstić information content (AvgIpc) is 2.47. The van der Waals surface area contributed by atoms with Crippen LogP contribution in [0.5, 0.6) is 0 Å². The molecule has 2 rings (SSSR count). The van der Waals surface area contributed by atoms with Crippen molar-refractivity contribution >= 4 is 23.4 Å². The van der Waals surface area contributed by atoms with Crippen molar-refractivity contribution in [2.24, 2.45) is 0 Å². The maximum absolute atomic E-state index is 12.2. The van der Waals surface area contributed by atoms with Crippen molar-refractivity contribution in [2.45, 2.75) is 23.6 Å². The first-order chi connectivity index (χ1) is 9.29. The number of thioether (sulfide) groups is 1. The number of rotatable bonds is 5. The zero-order valence-corrected chi connectivity index (χ0v) is 11.4. The minimum atomic E-state index is -0.150. The van der Waals surface area contributed by atoms with Crippen LogP contribution in [0.1, 0.15) is 13.3 Å². The highest BCUT2D eigenvalue weighted by molar-refractivity contribution is 8.00. The lowest BCUT2D eigenvalue weighted by atomic mass is 10.3. The Hall–Kier alpha value is -1.88. The van der Waals surface area contributed by atoms with Gasteiger partial charge >= 0.3 is 0 Å². The number of nitrogens with zero attached hydrogens (tertiary/aromatic N) is 2. The van der Waals surface area contributed by atoms with Gasteiger partial charge in [-0.25, -0.2) is 4.98 Å². The molecule has 19 heavy (non-hydrogen) atoms. The fourth-order valence-electron chi connectivity index (χ4n) is 1.54. The first kappa shape index (κ1) is 13.5. The summed E-state index contributed by atoms with van der Waals surface area (Å²) in [5.74, 6) is -0.00986. The highest BCUT2D eigenvalue weighted by atomic mass is 32.2. The highest BCUT2D eigenvalue weighted by Gasteiger charge is 2.18. The number of pyridine rings is 2. The number of carbonyl (C=O) groups excluding carboxylic acids is 1. The molecule has 1 unspecified atom stereocenters. The number of hydrogen-bond donors (Lipinski definition) is 1. The number of hydrogen-bond acceptors (Lipinski definition) is 4. The molecular weight excluding hydrogens is 258 g/mol. The molecule has 2 heterocycles. The summed E-state index contributed by atoms with van der Waals surface area (Å²) in [7, 11) is 0. The lowest BCUT2D eigenvalue weighted by Gasteiger charge is -2.13. The Balaban J connectivity index is 2.00. The van der Waals surface area contributed by atoms with Crippen molar-refractivity contribution in [3.8, 4) is 0 Å². The van der Waals surface area contributed by atoms with Crippen LogP contribution >= 0.6 is 11.8 Å². The molecule has 0 aromatic carbocycles. The maximum atomic E-state index is 12.2. The lowest BCUT2D eigenvalue weighted by Crippen LogP contribution is -2.24. The van der Waals surface area contributed by atoms with Crippen molar-refractivity contribution in [3.63, 3.8) is 0 Å². The van der Waals surface area contributed by atoms with Crippen LogP contribution in [0.15, 0.2) is 53.9 Å². The summed E-state index contributed by atoms with van der Waals surface area (Å²) in [5, 5.41) is 3.60. The van der Waals surface area contributed by atoms with Gasteiger partial charge in [-0.05, 0) is 30.7 Å². The molecule has 0 aliphatic heterocycles. The Morgan fingerprint density at radius 2 is 2.05 bits per heavy atom. The second-order valence-electron chi connectivity index (χ2n) is 3.91. The predicted molar refractivity (Wildman–Crippen MR) is 77.0 cm³/mol. The van der Waals surface area contributed by atoms with E-state index >= 15 is 0 Å². The fraction of sp³-hybridized carbons (Fsp3) is 0.214. The largest absolute Gasteiger partial charge is 0.325 e. The summed E-state index contributed by atoms with van der Waals surface area (Å²) >= 11 is 1.48. The molecule has 0 bridgehead atoms. The van der Waals surface area contributed by atoms with Crippen molar-refractivity contribution < 1.29 is 4.79 Å². The van der Waals surface area contributed by atoms with Crippen molar-refractivity contribution in [2.75, 3.05) is 5.32 Å². The molecule has 2 aromatic rings. The van der Waals surface area contributed by atoms with E-state index in [9.17, 15) is 4.79 Å². The molecule has 0 radical (unpaired) electrons. The molecule has 4 nitrogen and oxygen atoms in total. The van der Waals surface area contributed by atoms with Crippen LogP contribution in [-0.2, 0) is 4.79 Å². The van der Waals surface area contributed by atoms with Gasteiger partial charge in [0.15, 0.2) is 0 Å². The summed E-state index contributed by atoms with van der Waals surface area (Å²) in [6, 6.07) is 9.24. The number of anilines is 1. The van der Waals surface area contributed by atoms with Gasteiger partial charge in [0.1, 0.15) is 0 Å². The second kappa shape index (κ2) is 6.89. The van der Waals surface area contributed by atoms with Crippen LogP contribution in [0, 0.1) is 0 Å². The van der Waals surface area contributed by atoms with E-state index in [1.165, 1.54) is 11.8 Å². The van der Waals surface area contributed by atoms with Crippen LogP contribution in [-0.4, -0.2) is 21.1 Å². The molecule has 5 heteroatoms. The number of carbonyl (C=O) groups is 1. The van der Waals surface area contributed by atoms with Crippen molar-refractivity contribution in [3.05, 3.63) is 48.9 Å². The molecule has 2 aromatic heterocycles. The standard InChI is InChI=1S/C14H15N3OS/c1-2-12(19-13-5-3-4-8-16-13)14(18)17-11-6-9-15-10-7-11/h3-10,12H,2H2,1H3,(H,15,17,18). The lowest BCUT2D eigenvalue weighted by molar-refractivity contribution is -0.115. The van der Waals surface area contributed by atoms with Gasteiger partial charge in [0, 0.05) is 24.3 Å². The predicted octanol–water partition coefficient (Wildman–Crippen LogP) is 2.99. The third-order valence-electron chi connectivity index (χ3n) is 2.51. The quantitative estimate of drug-likeness (QED) is 0.851. The Bertz CT molecular complexity index is 519. The molecule has 0 saturated heterocycles. The Morgan fingerprint density at radius 3 is 2.68 bits per heavy atom. The monoisotopic (exact) mass is 273 g/mol. The van der Waals surface area contributed by atoms with Crippen LogP contribution < -0.4 is 5.32 Å². The van der Waals surface area contributed by atoms with E-state index in [0.29, 0.717) is 0 Å². The van der Waals surface area contributed by atoms with Gasteiger partial charge < -0.3 is 5.32 Å². The van der Waals surface area contributed by atoms with E-state index in [1.807, 2.05) is 25.1 Å². The molecule has 1 N–H and O–H groups in total. The zero-order chi connectivity index (χ0) is 13.5. The van der Waals surface area contributed by atoms with Gasteiger partial charge in [-0.1, -0.05) is 24.8 Å². The molecular formula is C14H15N3OS. The highest BCUT2D eigenvalue weighted by Crippen LogP contribution is 2.24. The molecule has 98 valence electrons. The first-order valence-corrected chi connectivity index (χ1v) is 6.96. The van der Waals surface area contributed by atoms with E-state index in [1.54, 1.807) is 30.7 Å². The molecule has 0 spiro atoms. The molecule has 0 fully saturated rings. The maximum Gasteiger partial charge on any atom is 0.237 e. The van der Waals surface area contributed by atoms with Crippen LogP contribution in [0.3, 0.4) is 0 Å². The topological polar surface area (TPSA) is 54.9 Å². The number of nitrogens with one attached hydrogen (secondary N) is 1. The summed E-state index contributed by atoms with van der Waals surface area (Å²) in [6.45, 7) is 1.99. The summed E-state index contributed by atoms with van der Waals surface area (Å²) in [4.78, 5) is 20.3. The van der Waals surface area contributed by atoms with Crippen molar-refractivity contribution in [1.29, 1.82) is 0 Å². The molecule has 0 aliphatic rings. The number of amides is 1. The van der Waals surface area contributed by atoms with Gasteiger partial charge in [-0.2, -0.15) is 0 Å². The fourth-order valence-corrected chi connectivity index (χ4v) is 2.45. The van der Waals surface area contributed by atoms with Crippen LogP contribution in [0.4, 0.5) is 5.69 Å². The Kier molecular flexibility index (Phi) is 4.92. The zero-order valence-electron chi connectivity index (χ0n) is 10.6. The van der Waals surface area contributed by atoms with E-state index in [4.69, 9.17) is 0 Å². The Morgan fingerprint density at radius 1 is 1.26 bits per heavy atom. The van der Waals surface area contributed by atoms with E-state index in [-0.39, 0.29) is 11.2 Å². The molecule has 1 atom stereocenters. The summed E-state index contributed by atoms with van der Waals surface area (Å²) in [5.41, 5.74) is 0.764. The minimum absolute atomic E-state index is 0.00986. The third kappa shape index (κ3) is 4.06. The SMILES string of the molecule is CCC(Sc1ccccn1)C(=O)Nc1ccncc1. The summed E-state index contributed by atoms with van der Waals surface area (Å²) in [6.07, 6.45) is 5.79. The van der Waals surface area contributed by atoms with Crippen LogP contribution in [0.2, 0.25) is 0 Å². The number of aromatic nitrogens is 2. The van der Waals surface area contributed by atoms with Gasteiger partial charge in [-0.3, -0.25) is 9.78 Å². The third-order valence-corrected chi connectivity index (χ3v) is 3.83. The molecule has 1 amide bonds. The van der Waals surface area contributed by atoms with Gasteiger partial charge in [-0.15, -0.1) is 0 Å². The van der Waals surface area contributed by atoms with Crippen LogP contribution in [0.25, 0.3) is 0 Å². The van der Waals surface area contributed by atoms with E-state index < -0.39 is 0 Å². The smallest absolute Gasteiger partial charge is 0.237 e. The minimum Gasteiger partial charge on any atom is -0.325 e.